The van der Waals surface area contributed by atoms with Gasteiger partial charge in [0, 0.05) is 37.0 Å². The Morgan fingerprint density at radius 1 is 1.29 bits per heavy atom. The number of nitrogens with one attached hydrogen (secondary N) is 2. The molecular formula is C18H34IN3OS. The van der Waals surface area contributed by atoms with Gasteiger partial charge in [0.1, 0.15) is 0 Å². The van der Waals surface area contributed by atoms with E-state index in [1.807, 2.05) is 0 Å². The van der Waals surface area contributed by atoms with Crippen LogP contribution in [0.15, 0.2) is 22.5 Å². The Bertz CT molecular complexity index is 447. The molecule has 4 nitrogen and oxygen atoms in total. The third kappa shape index (κ3) is 7.70. The first-order chi connectivity index (χ1) is 11.1. The van der Waals surface area contributed by atoms with Gasteiger partial charge in [-0.05, 0) is 43.0 Å². The Labute approximate surface area is 168 Å². The van der Waals surface area contributed by atoms with Gasteiger partial charge in [-0.15, -0.1) is 35.3 Å². The van der Waals surface area contributed by atoms with Gasteiger partial charge in [0.15, 0.2) is 5.96 Å². The van der Waals surface area contributed by atoms with E-state index in [2.05, 4.69) is 55.8 Å². The van der Waals surface area contributed by atoms with E-state index in [-0.39, 0.29) is 36.0 Å². The highest BCUT2D eigenvalue weighted by atomic mass is 127. The van der Waals surface area contributed by atoms with Crippen molar-refractivity contribution in [3.8, 4) is 0 Å². The Morgan fingerprint density at radius 2 is 2.00 bits per heavy atom. The highest BCUT2D eigenvalue weighted by molar-refractivity contribution is 14.0. The third-order valence-electron chi connectivity index (χ3n) is 4.66. The Morgan fingerprint density at radius 3 is 2.50 bits per heavy atom. The number of hydrogen-bond donors (Lipinski definition) is 3. The van der Waals surface area contributed by atoms with Crippen LogP contribution in [0.3, 0.4) is 0 Å². The first kappa shape index (κ1) is 23.7. The van der Waals surface area contributed by atoms with E-state index in [1.165, 1.54) is 4.88 Å². The van der Waals surface area contributed by atoms with E-state index in [1.54, 1.807) is 11.3 Å². The number of thiophene rings is 1. The third-order valence-corrected chi connectivity index (χ3v) is 5.77. The second-order valence-electron chi connectivity index (χ2n) is 6.17. The smallest absolute Gasteiger partial charge is 0.191 e. The van der Waals surface area contributed by atoms with Crippen LogP contribution >= 0.6 is 35.3 Å². The van der Waals surface area contributed by atoms with E-state index < -0.39 is 0 Å². The predicted octanol–water partition coefficient (Wildman–Crippen LogP) is 4.21. The number of aliphatic hydroxyl groups is 1. The van der Waals surface area contributed by atoms with Crippen molar-refractivity contribution < 1.29 is 5.11 Å². The maximum atomic E-state index is 9.34. The number of aliphatic hydroxyl groups excluding tert-OH is 1. The topological polar surface area (TPSA) is 56.7 Å². The summed E-state index contributed by atoms with van der Waals surface area (Å²) in [6, 6.07) is 4.28. The molecule has 0 aliphatic carbocycles. The molecule has 0 radical (unpaired) electrons. The molecule has 0 aliphatic rings. The molecule has 1 heterocycles. The lowest BCUT2D eigenvalue weighted by Gasteiger charge is -2.29. The van der Waals surface area contributed by atoms with Gasteiger partial charge in [0.2, 0.25) is 0 Å². The summed E-state index contributed by atoms with van der Waals surface area (Å²) in [6.07, 6.45) is 2.89. The first-order valence-corrected chi connectivity index (χ1v) is 9.65. The number of halogens is 1. The van der Waals surface area contributed by atoms with Crippen molar-refractivity contribution in [1.29, 1.82) is 0 Å². The van der Waals surface area contributed by atoms with Crippen molar-refractivity contribution in [1.82, 2.24) is 10.6 Å². The molecule has 0 fully saturated rings. The summed E-state index contributed by atoms with van der Waals surface area (Å²) in [5.41, 5.74) is 0.108. The minimum Gasteiger partial charge on any atom is -0.396 e. The molecule has 0 spiro atoms. The molecule has 3 N–H and O–H groups in total. The fourth-order valence-electron chi connectivity index (χ4n) is 2.65. The molecule has 1 rings (SSSR count). The maximum absolute atomic E-state index is 9.34. The average Bonchev–Trinajstić information content (AvgIpc) is 3.10. The highest BCUT2D eigenvalue weighted by Crippen LogP contribution is 2.30. The van der Waals surface area contributed by atoms with Gasteiger partial charge in [0.05, 0.1) is 0 Å². The molecule has 0 amide bonds. The standard InChI is InChI=1S/C18H33N3OS.HI/c1-5-18(6-2,10-11-22)14-21-17(19-7-3)20-13-15(4)16-9-8-12-23-16;/h8-9,12,15,22H,5-7,10-11,13-14H2,1-4H3,(H2,19,20,21);1H. The normalized spacial score (nSPS) is 13.3. The highest BCUT2D eigenvalue weighted by Gasteiger charge is 2.25. The molecule has 0 aromatic carbocycles. The van der Waals surface area contributed by atoms with Crippen molar-refractivity contribution in [2.75, 3.05) is 26.2 Å². The minimum absolute atomic E-state index is 0. The predicted molar refractivity (Wildman–Crippen MR) is 117 cm³/mol. The lowest BCUT2D eigenvalue weighted by Crippen LogP contribution is -2.40. The van der Waals surface area contributed by atoms with E-state index in [9.17, 15) is 5.11 Å². The van der Waals surface area contributed by atoms with Crippen molar-refractivity contribution >= 4 is 41.3 Å². The summed E-state index contributed by atoms with van der Waals surface area (Å²) >= 11 is 1.80. The molecule has 0 bridgehead atoms. The molecular weight excluding hydrogens is 433 g/mol. The molecule has 1 atom stereocenters. The monoisotopic (exact) mass is 467 g/mol. The number of aliphatic imine (C=N–C) groups is 1. The van der Waals surface area contributed by atoms with E-state index in [0.717, 1.165) is 44.9 Å². The zero-order valence-corrected chi connectivity index (χ0v) is 18.6. The zero-order valence-electron chi connectivity index (χ0n) is 15.5. The van der Waals surface area contributed by atoms with E-state index in [4.69, 9.17) is 4.99 Å². The quantitative estimate of drug-likeness (QED) is 0.275. The summed E-state index contributed by atoms with van der Waals surface area (Å²) < 4.78 is 0. The van der Waals surface area contributed by atoms with Crippen LogP contribution in [0.5, 0.6) is 0 Å². The van der Waals surface area contributed by atoms with Crippen molar-refractivity contribution in [3.63, 3.8) is 0 Å². The van der Waals surface area contributed by atoms with Gasteiger partial charge in [-0.2, -0.15) is 0 Å². The Balaban J connectivity index is 0.00000529. The number of guanidine groups is 1. The molecule has 0 aliphatic heterocycles. The van der Waals surface area contributed by atoms with Gasteiger partial charge >= 0.3 is 0 Å². The fourth-order valence-corrected chi connectivity index (χ4v) is 3.44. The number of nitrogens with zero attached hydrogens (tertiary/aromatic N) is 1. The summed E-state index contributed by atoms with van der Waals surface area (Å²) in [6.45, 7) is 11.4. The summed E-state index contributed by atoms with van der Waals surface area (Å²) in [5, 5.41) is 18.2. The Hall–Kier alpha value is -0.340. The van der Waals surface area contributed by atoms with Gasteiger partial charge in [0.25, 0.3) is 0 Å². The Kier molecular flexibility index (Phi) is 12.8. The number of rotatable bonds is 10. The summed E-state index contributed by atoms with van der Waals surface area (Å²) in [4.78, 5) is 6.18. The maximum Gasteiger partial charge on any atom is 0.191 e. The zero-order chi connectivity index (χ0) is 17.1. The SMILES string of the molecule is CCNC(=NCC(CC)(CC)CCO)NCC(C)c1cccs1.I. The first-order valence-electron chi connectivity index (χ1n) is 8.77. The van der Waals surface area contributed by atoms with E-state index in [0.29, 0.717) is 5.92 Å². The van der Waals surface area contributed by atoms with Gasteiger partial charge in [-0.25, -0.2) is 0 Å². The van der Waals surface area contributed by atoms with Crippen molar-refractivity contribution in [2.45, 2.75) is 52.9 Å². The molecule has 1 aromatic heterocycles. The molecule has 0 saturated heterocycles. The molecule has 1 unspecified atom stereocenters. The van der Waals surface area contributed by atoms with Crippen LogP contribution in [-0.2, 0) is 0 Å². The molecule has 1 aromatic rings. The van der Waals surface area contributed by atoms with Crippen LogP contribution in [0.25, 0.3) is 0 Å². The van der Waals surface area contributed by atoms with Crippen molar-refractivity contribution in [2.24, 2.45) is 10.4 Å². The van der Waals surface area contributed by atoms with Gasteiger partial charge in [-0.1, -0.05) is 26.8 Å². The van der Waals surface area contributed by atoms with Gasteiger partial charge < -0.3 is 15.7 Å². The summed E-state index contributed by atoms with van der Waals surface area (Å²) in [7, 11) is 0. The van der Waals surface area contributed by atoms with Crippen LogP contribution in [0.2, 0.25) is 0 Å². The van der Waals surface area contributed by atoms with Crippen LogP contribution in [0, 0.1) is 5.41 Å². The molecule has 6 heteroatoms. The second-order valence-corrected chi connectivity index (χ2v) is 7.15. The lowest BCUT2D eigenvalue weighted by atomic mass is 9.79. The largest absolute Gasteiger partial charge is 0.396 e. The molecule has 140 valence electrons. The van der Waals surface area contributed by atoms with Crippen LogP contribution in [0.1, 0.15) is 57.8 Å². The summed E-state index contributed by atoms with van der Waals surface area (Å²) in [5.74, 6) is 1.35. The number of hydrogen-bond acceptors (Lipinski definition) is 3. The molecule has 24 heavy (non-hydrogen) atoms. The van der Waals surface area contributed by atoms with Crippen LogP contribution in [-0.4, -0.2) is 37.3 Å². The minimum atomic E-state index is 0. The fraction of sp³-hybridized carbons (Fsp3) is 0.722. The van der Waals surface area contributed by atoms with Crippen LogP contribution < -0.4 is 10.6 Å². The second kappa shape index (κ2) is 12.9. The van der Waals surface area contributed by atoms with Crippen molar-refractivity contribution in [3.05, 3.63) is 22.4 Å². The lowest BCUT2D eigenvalue weighted by molar-refractivity contribution is 0.175. The molecule has 0 saturated carbocycles. The van der Waals surface area contributed by atoms with Crippen LogP contribution in [0.4, 0.5) is 0 Å². The van der Waals surface area contributed by atoms with E-state index >= 15 is 0 Å². The van der Waals surface area contributed by atoms with Gasteiger partial charge in [-0.3, -0.25) is 4.99 Å². The average molecular weight is 467 g/mol.